The van der Waals surface area contributed by atoms with Crippen molar-refractivity contribution in [1.82, 2.24) is 23.1 Å². The van der Waals surface area contributed by atoms with Crippen LogP contribution < -0.4 is 11.2 Å². The first-order valence-electron chi connectivity index (χ1n) is 9.51. The van der Waals surface area contributed by atoms with Crippen LogP contribution in [-0.4, -0.2) is 23.1 Å². The van der Waals surface area contributed by atoms with Crippen LogP contribution in [0.2, 0.25) is 0 Å². The minimum Gasteiger partial charge on any atom is -0.314 e. The summed E-state index contributed by atoms with van der Waals surface area (Å²) in [6.07, 6.45) is 1.93. The maximum absolute atomic E-state index is 13.3. The van der Waals surface area contributed by atoms with E-state index in [2.05, 4.69) is 23.4 Å². The second-order valence-electron chi connectivity index (χ2n) is 7.89. The van der Waals surface area contributed by atoms with Gasteiger partial charge in [-0.3, -0.25) is 18.3 Å². The molecule has 0 atom stereocenters. The molecule has 4 aromatic rings. The van der Waals surface area contributed by atoms with Gasteiger partial charge >= 0.3 is 5.69 Å². The van der Waals surface area contributed by atoms with Crippen LogP contribution in [0, 0.1) is 19.8 Å². The number of aryl methyl sites for hydroxylation is 3. The fraction of sp³-hybridized carbons (Fsp3) is 0.381. The van der Waals surface area contributed by atoms with Gasteiger partial charge in [0.05, 0.1) is 6.54 Å². The van der Waals surface area contributed by atoms with E-state index in [1.807, 2.05) is 48.7 Å². The summed E-state index contributed by atoms with van der Waals surface area (Å²) in [4.78, 5) is 30.9. The van der Waals surface area contributed by atoms with Crippen LogP contribution in [-0.2, 0) is 20.1 Å². The highest BCUT2D eigenvalue weighted by Crippen LogP contribution is 2.18. The van der Waals surface area contributed by atoms with Crippen LogP contribution >= 0.6 is 0 Å². The van der Waals surface area contributed by atoms with Crippen LogP contribution in [0.1, 0.15) is 30.7 Å². The van der Waals surface area contributed by atoms with Crippen molar-refractivity contribution in [3.8, 4) is 0 Å². The number of nitrogens with zero attached hydrogens (tertiary/aromatic N) is 5. The topological polar surface area (TPSA) is 66.2 Å². The van der Waals surface area contributed by atoms with Gasteiger partial charge in [0.15, 0.2) is 11.2 Å². The zero-order valence-electron chi connectivity index (χ0n) is 16.9. The van der Waals surface area contributed by atoms with Crippen LogP contribution in [0.15, 0.2) is 40.1 Å². The van der Waals surface area contributed by atoms with E-state index in [4.69, 9.17) is 0 Å². The van der Waals surface area contributed by atoms with Crippen molar-refractivity contribution in [1.29, 1.82) is 0 Å². The Kier molecular flexibility index (Phi) is 4.25. The Bertz CT molecular complexity index is 1320. The zero-order chi connectivity index (χ0) is 20.2. The van der Waals surface area contributed by atoms with E-state index in [1.54, 1.807) is 7.05 Å². The normalized spacial score (nSPS) is 11.9. The Morgan fingerprint density at radius 3 is 2.46 bits per heavy atom. The van der Waals surface area contributed by atoms with Gasteiger partial charge in [-0.15, -0.1) is 0 Å². The van der Waals surface area contributed by atoms with Gasteiger partial charge in [-0.25, -0.2) is 4.79 Å². The number of hydrogen-bond acceptors (Lipinski definition) is 3. The Balaban J connectivity index is 2.01. The number of imidazole rings is 2. The highest BCUT2D eigenvalue weighted by Gasteiger charge is 2.20. The fourth-order valence-electron chi connectivity index (χ4n) is 3.74. The third-order valence-electron chi connectivity index (χ3n) is 5.28. The summed E-state index contributed by atoms with van der Waals surface area (Å²) >= 11 is 0. The largest absolute Gasteiger partial charge is 0.332 e. The lowest BCUT2D eigenvalue weighted by Gasteiger charge is -2.10. The van der Waals surface area contributed by atoms with Gasteiger partial charge in [0, 0.05) is 25.5 Å². The molecule has 146 valence electrons. The van der Waals surface area contributed by atoms with Gasteiger partial charge in [-0.2, -0.15) is 4.98 Å². The summed E-state index contributed by atoms with van der Waals surface area (Å²) in [5.41, 5.74) is 3.24. The highest BCUT2D eigenvalue weighted by atomic mass is 16.2. The molecule has 0 spiro atoms. The lowest BCUT2D eigenvalue weighted by Crippen LogP contribution is -2.39. The molecule has 0 aliphatic heterocycles. The fourth-order valence-corrected chi connectivity index (χ4v) is 3.74. The van der Waals surface area contributed by atoms with Crippen molar-refractivity contribution in [3.63, 3.8) is 0 Å². The van der Waals surface area contributed by atoms with Gasteiger partial charge in [-0.05, 0) is 30.9 Å². The number of benzene rings is 1. The number of hydrogen-bond donors (Lipinski definition) is 0. The smallest absolute Gasteiger partial charge is 0.314 e. The van der Waals surface area contributed by atoms with E-state index in [-0.39, 0.29) is 17.8 Å². The Morgan fingerprint density at radius 2 is 1.79 bits per heavy atom. The maximum atomic E-state index is 13.3. The first kappa shape index (κ1) is 18.3. The molecule has 3 heterocycles. The molecular formula is C21H25N5O2. The number of fused-ring (bicyclic) bond motifs is 3. The molecule has 1 aromatic carbocycles. The SMILES string of the molecule is Cc1ccccc1Cn1c(=O)c2c(nc3n(CC(C)C)c(C)cn23)n(C)c1=O. The molecule has 0 saturated heterocycles. The molecule has 0 aliphatic rings. The molecule has 3 aromatic heterocycles. The van der Waals surface area contributed by atoms with Crippen LogP contribution in [0.4, 0.5) is 0 Å². The van der Waals surface area contributed by atoms with Crippen molar-refractivity contribution >= 4 is 16.9 Å². The average molecular weight is 379 g/mol. The second-order valence-corrected chi connectivity index (χ2v) is 7.89. The van der Waals surface area contributed by atoms with Gasteiger partial charge in [0.1, 0.15) is 0 Å². The molecule has 4 rings (SSSR count). The standard InChI is InChI=1S/C21H25N5O2/c1-13(2)10-24-15(4)11-25-17-18(22-20(24)25)23(5)21(28)26(19(17)27)12-16-9-7-6-8-14(16)3/h6-9,11,13H,10,12H2,1-5H3. The van der Waals surface area contributed by atoms with Gasteiger partial charge < -0.3 is 4.57 Å². The summed E-state index contributed by atoms with van der Waals surface area (Å²) < 4.78 is 6.69. The monoisotopic (exact) mass is 379 g/mol. The van der Waals surface area contributed by atoms with E-state index in [0.717, 1.165) is 23.4 Å². The number of rotatable bonds is 4. The summed E-state index contributed by atoms with van der Waals surface area (Å²) in [6.45, 7) is 9.32. The minimum absolute atomic E-state index is 0.243. The van der Waals surface area contributed by atoms with Gasteiger partial charge in [0.25, 0.3) is 5.56 Å². The molecule has 0 aliphatic carbocycles. The molecule has 0 saturated carbocycles. The lowest BCUT2D eigenvalue weighted by molar-refractivity contribution is 0.524. The molecular weight excluding hydrogens is 354 g/mol. The van der Waals surface area contributed by atoms with Crippen molar-refractivity contribution in [2.75, 3.05) is 0 Å². The molecule has 28 heavy (non-hydrogen) atoms. The predicted octanol–water partition coefficient (Wildman–Crippen LogP) is 2.47. The van der Waals surface area contributed by atoms with Crippen LogP contribution in [0.25, 0.3) is 16.9 Å². The first-order chi connectivity index (χ1) is 13.3. The molecule has 0 fully saturated rings. The van der Waals surface area contributed by atoms with Crippen molar-refractivity contribution in [2.24, 2.45) is 13.0 Å². The predicted molar refractivity (Wildman–Crippen MR) is 110 cm³/mol. The van der Waals surface area contributed by atoms with Gasteiger partial charge in [0.2, 0.25) is 5.78 Å². The summed E-state index contributed by atoms with van der Waals surface area (Å²) in [5.74, 6) is 1.14. The van der Waals surface area contributed by atoms with Crippen LogP contribution in [0.5, 0.6) is 0 Å². The quantitative estimate of drug-likeness (QED) is 0.547. The zero-order valence-corrected chi connectivity index (χ0v) is 16.9. The molecule has 7 heteroatoms. The van der Waals surface area contributed by atoms with E-state index < -0.39 is 0 Å². The van der Waals surface area contributed by atoms with Crippen molar-refractivity contribution in [2.45, 2.75) is 40.8 Å². The Hall–Kier alpha value is -3.09. The maximum Gasteiger partial charge on any atom is 0.332 e. The van der Waals surface area contributed by atoms with E-state index in [0.29, 0.717) is 22.9 Å². The molecule has 0 radical (unpaired) electrons. The Labute approximate surface area is 162 Å². The van der Waals surface area contributed by atoms with Gasteiger partial charge in [-0.1, -0.05) is 38.1 Å². The van der Waals surface area contributed by atoms with Crippen molar-refractivity contribution in [3.05, 3.63) is 68.1 Å². The number of aromatic nitrogens is 5. The molecule has 0 N–H and O–H groups in total. The molecule has 0 amide bonds. The first-order valence-corrected chi connectivity index (χ1v) is 9.51. The van der Waals surface area contributed by atoms with Crippen LogP contribution in [0.3, 0.4) is 0 Å². The summed E-state index contributed by atoms with van der Waals surface area (Å²) in [6, 6.07) is 7.79. The average Bonchev–Trinajstić information content (AvgIpc) is 3.14. The molecule has 7 nitrogen and oxygen atoms in total. The lowest BCUT2D eigenvalue weighted by atomic mass is 10.1. The third kappa shape index (κ3) is 2.69. The van der Waals surface area contributed by atoms with E-state index in [9.17, 15) is 9.59 Å². The van der Waals surface area contributed by atoms with E-state index in [1.165, 1.54) is 9.13 Å². The van der Waals surface area contributed by atoms with E-state index >= 15 is 0 Å². The summed E-state index contributed by atoms with van der Waals surface area (Å²) in [5, 5.41) is 0. The Morgan fingerprint density at radius 1 is 1.07 bits per heavy atom. The summed E-state index contributed by atoms with van der Waals surface area (Å²) in [7, 11) is 1.67. The molecule has 0 unspecified atom stereocenters. The minimum atomic E-state index is -0.353. The van der Waals surface area contributed by atoms with Crippen molar-refractivity contribution < 1.29 is 0 Å². The second kappa shape index (κ2) is 6.51. The third-order valence-corrected chi connectivity index (χ3v) is 5.28. The highest BCUT2D eigenvalue weighted by molar-refractivity contribution is 5.75. The molecule has 0 bridgehead atoms.